The van der Waals surface area contributed by atoms with E-state index in [4.69, 9.17) is 4.42 Å². The van der Waals surface area contributed by atoms with Crippen LogP contribution in [0.1, 0.15) is 49.1 Å². The second kappa shape index (κ2) is 7.04. The van der Waals surface area contributed by atoms with Crippen molar-refractivity contribution in [2.75, 3.05) is 18.0 Å². The van der Waals surface area contributed by atoms with Gasteiger partial charge < -0.3 is 20.0 Å². The van der Waals surface area contributed by atoms with Gasteiger partial charge in [-0.05, 0) is 62.8 Å². The number of nitrogens with one attached hydrogen (secondary N) is 2. The minimum Gasteiger partial charge on any atom is -0.451 e. The molecule has 0 aliphatic carbocycles. The van der Waals surface area contributed by atoms with Crippen molar-refractivity contribution in [3.63, 3.8) is 0 Å². The van der Waals surface area contributed by atoms with Crippen molar-refractivity contribution in [1.82, 2.24) is 10.6 Å². The smallest absolute Gasteiger partial charge is 0.287 e. The van der Waals surface area contributed by atoms with Gasteiger partial charge in [-0.15, -0.1) is 0 Å². The minimum atomic E-state index is -0.104. The summed E-state index contributed by atoms with van der Waals surface area (Å²) >= 11 is 0. The number of anilines is 1. The van der Waals surface area contributed by atoms with Crippen LogP contribution < -0.4 is 15.5 Å². The Kier molecular flexibility index (Phi) is 4.40. The van der Waals surface area contributed by atoms with E-state index in [1.807, 2.05) is 12.1 Å². The second-order valence-electron chi connectivity index (χ2n) is 8.13. The molecule has 1 aromatic carbocycles. The van der Waals surface area contributed by atoms with E-state index in [0.717, 1.165) is 37.3 Å². The number of rotatable bonds is 4. The number of nitrogens with zero attached hydrogens (tertiary/aromatic N) is 1. The molecule has 0 unspecified atom stereocenters. The molecule has 2 N–H and O–H groups in total. The molecule has 2 aromatic rings. The quantitative estimate of drug-likeness (QED) is 0.870. The summed E-state index contributed by atoms with van der Waals surface area (Å²) in [6.45, 7) is 2.24. The second-order valence-corrected chi connectivity index (χ2v) is 8.13. The van der Waals surface area contributed by atoms with Crippen molar-refractivity contribution >= 4 is 11.6 Å². The van der Waals surface area contributed by atoms with Crippen molar-refractivity contribution in [2.24, 2.45) is 0 Å². The number of hydrogen-bond donors (Lipinski definition) is 2. The first-order chi connectivity index (χ1) is 13.3. The summed E-state index contributed by atoms with van der Waals surface area (Å²) in [5.74, 6) is 1.05. The third-order valence-corrected chi connectivity index (χ3v) is 6.30. The van der Waals surface area contributed by atoms with Crippen LogP contribution in [0, 0.1) is 0 Å². The molecule has 0 spiro atoms. The molecule has 0 saturated carbocycles. The summed E-state index contributed by atoms with van der Waals surface area (Å²) in [4.78, 5) is 15.0. The number of piperidine rings is 1. The van der Waals surface area contributed by atoms with Crippen molar-refractivity contribution in [3.05, 3.63) is 42.2 Å². The SMILES string of the molecule is O=C(N[C@@H]1C[C@H]2CC[C@@H]1N2)c1ccc(-c2cccc(N3CCCCC3)c2)o1. The Morgan fingerprint density at radius 3 is 2.78 bits per heavy atom. The Labute approximate surface area is 160 Å². The Morgan fingerprint density at radius 1 is 1.11 bits per heavy atom. The standard InChI is InChI=1S/C22H27N3O2/c26-22(24-19-14-16-7-8-18(19)23-16)21-10-9-20(27-21)15-5-4-6-17(13-15)25-11-2-1-3-12-25/h4-6,9-10,13,16,18-19,23H,1-3,7-8,11-12,14H2,(H,24,26)/t16-,18+,19-/m1/s1. The molecular formula is C22H27N3O2. The molecule has 1 amide bonds. The lowest BCUT2D eigenvalue weighted by Crippen LogP contribution is -2.42. The Balaban J connectivity index is 1.29. The number of carbonyl (C=O) groups is 1. The van der Waals surface area contributed by atoms with Crippen LogP contribution in [0.15, 0.2) is 40.8 Å². The first-order valence-corrected chi connectivity index (χ1v) is 10.3. The number of fused-ring (bicyclic) bond motifs is 2. The van der Waals surface area contributed by atoms with Crippen LogP contribution in [0.25, 0.3) is 11.3 Å². The van der Waals surface area contributed by atoms with Gasteiger partial charge in [0.25, 0.3) is 5.91 Å². The van der Waals surface area contributed by atoms with Crippen LogP contribution in [-0.4, -0.2) is 37.1 Å². The Hall–Kier alpha value is -2.27. The molecule has 0 radical (unpaired) electrons. The average molecular weight is 365 g/mol. The highest BCUT2D eigenvalue weighted by Gasteiger charge is 2.39. The highest BCUT2D eigenvalue weighted by Crippen LogP contribution is 2.30. The molecule has 142 valence electrons. The molecule has 3 fully saturated rings. The predicted octanol–water partition coefficient (Wildman–Crippen LogP) is 3.56. The first kappa shape index (κ1) is 16.9. The van der Waals surface area contributed by atoms with Gasteiger partial charge in [-0.2, -0.15) is 0 Å². The van der Waals surface area contributed by atoms with Crippen molar-refractivity contribution in [2.45, 2.75) is 56.7 Å². The maximum absolute atomic E-state index is 12.6. The van der Waals surface area contributed by atoms with E-state index < -0.39 is 0 Å². The van der Waals surface area contributed by atoms with Gasteiger partial charge in [0.2, 0.25) is 0 Å². The summed E-state index contributed by atoms with van der Waals surface area (Å²) in [6, 6.07) is 13.4. The molecule has 27 heavy (non-hydrogen) atoms. The monoisotopic (exact) mass is 365 g/mol. The van der Waals surface area contributed by atoms with E-state index in [0.29, 0.717) is 17.8 Å². The van der Waals surface area contributed by atoms with Gasteiger partial charge in [-0.1, -0.05) is 12.1 Å². The molecule has 5 rings (SSSR count). The number of benzene rings is 1. The highest BCUT2D eigenvalue weighted by atomic mass is 16.3. The van der Waals surface area contributed by atoms with Crippen LogP contribution in [0.2, 0.25) is 0 Å². The van der Waals surface area contributed by atoms with Crippen molar-refractivity contribution in [3.8, 4) is 11.3 Å². The largest absolute Gasteiger partial charge is 0.451 e. The molecule has 2 bridgehead atoms. The fourth-order valence-corrected chi connectivity index (χ4v) is 4.85. The zero-order chi connectivity index (χ0) is 18.2. The highest BCUT2D eigenvalue weighted by molar-refractivity contribution is 5.92. The van der Waals surface area contributed by atoms with Gasteiger partial charge in [-0.25, -0.2) is 0 Å². The topological polar surface area (TPSA) is 57.5 Å². The zero-order valence-electron chi connectivity index (χ0n) is 15.6. The van der Waals surface area contributed by atoms with Crippen LogP contribution in [0.4, 0.5) is 5.69 Å². The average Bonchev–Trinajstić information content (AvgIpc) is 3.46. The first-order valence-electron chi connectivity index (χ1n) is 10.3. The van der Waals surface area contributed by atoms with E-state index >= 15 is 0 Å². The van der Waals surface area contributed by atoms with Gasteiger partial charge in [0.05, 0.1) is 0 Å². The molecule has 3 saturated heterocycles. The number of hydrogen-bond acceptors (Lipinski definition) is 4. The number of amides is 1. The third kappa shape index (κ3) is 3.36. The van der Waals surface area contributed by atoms with Gasteiger partial charge in [0.1, 0.15) is 5.76 Å². The summed E-state index contributed by atoms with van der Waals surface area (Å²) in [6.07, 6.45) is 7.25. The Morgan fingerprint density at radius 2 is 2.00 bits per heavy atom. The Bertz CT molecular complexity index is 824. The van der Waals surface area contributed by atoms with Crippen LogP contribution in [0.5, 0.6) is 0 Å². The maximum Gasteiger partial charge on any atom is 0.287 e. The summed E-state index contributed by atoms with van der Waals surface area (Å²) < 4.78 is 5.91. The zero-order valence-corrected chi connectivity index (χ0v) is 15.6. The lowest BCUT2D eigenvalue weighted by atomic mass is 9.95. The van der Waals surface area contributed by atoms with E-state index in [1.54, 1.807) is 6.07 Å². The van der Waals surface area contributed by atoms with E-state index in [1.165, 1.54) is 31.4 Å². The van der Waals surface area contributed by atoms with Crippen LogP contribution in [0.3, 0.4) is 0 Å². The fraction of sp³-hybridized carbons (Fsp3) is 0.500. The van der Waals surface area contributed by atoms with Gasteiger partial charge in [0.15, 0.2) is 5.76 Å². The summed E-state index contributed by atoms with van der Waals surface area (Å²) in [5, 5.41) is 6.70. The van der Waals surface area contributed by atoms with Gasteiger partial charge in [0, 0.05) is 42.5 Å². The normalized spacial score (nSPS) is 27.1. The fourth-order valence-electron chi connectivity index (χ4n) is 4.85. The summed E-state index contributed by atoms with van der Waals surface area (Å²) in [7, 11) is 0. The predicted molar refractivity (Wildman–Crippen MR) is 106 cm³/mol. The van der Waals surface area contributed by atoms with E-state index in [-0.39, 0.29) is 11.9 Å². The molecule has 1 aromatic heterocycles. The molecule has 4 heterocycles. The molecule has 5 nitrogen and oxygen atoms in total. The third-order valence-electron chi connectivity index (χ3n) is 6.30. The van der Waals surface area contributed by atoms with Gasteiger partial charge in [-0.3, -0.25) is 4.79 Å². The van der Waals surface area contributed by atoms with Crippen LogP contribution in [-0.2, 0) is 0 Å². The molecule has 3 aliphatic heterocycles. The lowest BCUT2D eigenvalue weighted by molar-refractivity contribution is 0.0903. The molecule has 3 aliphatic rings. The summed E-state index contributed by atoms with van der Waals surface area (Å²) in [5.41, 5.74) is 2.27. The number of carbonyl (C=O) groups excluding carboxylic acids is 1. The molecule has 3 atom stereocenters. The lowest BCUT2D eigenvalue weighted by Gasteiger charge is -2.29. The van der Waals surface area contributed by atoms with Crippen LogP contribution >= 0.6 is 0 Å². The van der Waals surface area contributed by atoms with Gasteiger partial charge >= 0.3 is 0 Å². The maximum atomic E-state index is 12.6. The minimum absolute atomic E-state index is 0.104. The molecule has 5 heteroatoms. The van der Waals surface area contributed by atoms with E-state index in [2.05, 4.69) is 33.7 Å². The van der Waals surface area contributed by atoms with E-state index in [9.17, 15) is 4.79 Å². The van der Waals surface area contributed by atoms with Crippen molar-refractivity contribution < 1.29 is 9.21 Å². The number of furan rings is 1. The van der Waals surface area contributed by atoms with Crippen molar-refractivity contribution in [1.29, 1.82) is 0 Å². The molecular weight excluding hydrogens is 338 g/mol.